The average Bonchev–Trinajstić information content (AvgIpc) is 2.45. The summed E-state index contributed by atoms with van der Waals surface area (Å²) >= 11 is 0. The summed E-state index contributed by atoms with van der Waals surface area (Å²) < 4.78 is 27.9. The second-order valence-corrected chi connectivity index (χ2v) is 6.23. The number of sulfone groups is 1. The minimum atomic E-state index is -3.39. The number of benzene rings is 1. The van der Waals surface area contributed by atoms with Gasteiger partial charge in [-0.3, -0.25) is 4.98 Å². The van der Waals surface area contributed by atoms with Gasteiger partial charge in [0.25, 0.3) is 0 Å². The van der Waals surface area contributed by atoms with Crippen molar-refractivity contribution in [2.24, 2.45) is 0 Å². The van der Waals surface area contributed by atoms with Gasteiger partial charge in [0.1, 0.15) is 0 Å². The number of rotatable bonds is 3. The van der Waals surface area contributed by atoms with E-state index in [1.54, 1.807) is 30.6 Å². The molecule has 0 aliphatic carbocycles. The lowest BCUT2D eigenvalue weighted by atomic mass is 10.0. The van der Waals surface area contributed by atoms with Crippen molar-refractivity contribution in [3.63, 3.8) is 0 Å². The number of carbonyl (C=O) groups is 1. The number of hydrogen-bond donors (Lipinski definition) is 0. The molecule has 5 nitrogen and oxygen atoms in total. The first kappa shape index (κ1) is 14.2. The van der Waals surface area contributed by atoms with Crippen molar-refractivity contribution in [1.82, 2.24) is 4.98 Å². The van der Waals surface area contributed by atoms with Crippen molar-refractivity contribution < 1.29 is 17.9 Å². The Balaban J connectivity index is 2.67. The van der Waals surface area contributed by atoms with Crippen LogP contribution < -0.4 is 0 Å². The predicted molar refractivity (Wildman–Crippen MR) is 74.1 cm³/mol. The van der Waals surface area contributed by atoms with Crippen LogP contribution in [0.3, 0.4) is 0 Å². The molecule has 2 rings (SSSR count). The van der Waals surface area contributed by atoms with Crippen molar-refractivity contribution in [3.8, 4) is 11.1 Å². The lowest BCUT2D eigenvalue weighted by Gasteiger charge is -2.09. The van der Waals surface area contributed by atoms with E-state index in [0.717, 1.165) is 6.26 Å². The van der Waals surface area contributed by atoms with E-state index >= 15 is 0 Å². The zero-order valence-corrected chi connectivity index (χ0v) is 11.8. The molecule has 20 heavy (non-hydrogen) atoms. The summed E-state index contributed by atoms with van der Waals surface area (Å²) in [5.41, 5.74) is 1.49. The van der Waals surface area contributed by atoms with Crippen LogP contribution in [0, 0.1) is 0 Å². The van der Waals surface area contributed by atoms with Crippen LogP contribution in [0.4, 0.5) is 0 Å². The van der Waals surface area contributed by atoms with Crippen molar-refractivity contribution in [2.45, 2.75) is 4.90 Å². The molecule has 0 N–H and O–H groups in total. The van der Waals surface area contributed by atoms with Gasteiger partial charge >= 0.3 is 5.97 Å². The molecule has 0 aliphatic heterocycles. The molecule has 0 spiro atoms. The molecule has 0 unspecified atom stereocenters. The van der Waals surface area contributed by atoms with Gasteiger partial charge in [-0.15, -0.1) is 0 Å². The van der Waals surface area contributed by atoms with Crippen molar-refractivity contribution in [3.05, 3.63) is 48.3 Å². The summed E-state index contributed by atoms with van der Waals surface area (Å²) in [6.45, 7) is 0. The molecule has 1 heterocycles. The van der Waals surface area contributed by atoms with Gasteiger partial charge in [0.2, 0.25) is 0 Å². The third-order valence-corrected chi connectivity index (χ3v) is 3.91. The highest BCUT2D eigenvalue weighted by molar-refractivity contribution is 7.90. The number of carbonyl (C=O) groups excluding carboxylic acids is 1. The molecule has 0 saturated carbocycles. The SMILES string of the molecule is COC(=O)c1cc(S(C)(=O)=O)ccc1-c1cccnc1. The molecule has 0 aliphatic rings. The standard InChI is InChI=1S/C14H13NO4S/c1-19-14(16)13-8-11(20(2,17)18)5-6-12(13)10-4-3-7-15-9-10/h3-9H,1-2H3. The summed E-state index contributed by atoms with van der Waals surface area (Å²) in [6, 6.07) is 7.89. The quantitative estimate of drug-likeness (QED) is 0.808. The molecule has 6 heteroatoms. The van der Waals surface area contributed by atoms with E-state index in [0.29, 0.717) is 11.1 Å². The summed E-state index contributed by atoms with van der Waals surface area (Å²) in [4.78, 5) is 15.9. The van der Waals surface area contributed by atoms with Gasteiger partial charge in [-0.2, -0.15) is 0 Å². The monoisotopic (exact) mass is 291 g/mol. The van der Waals surface area contributed by atoms with E-state index in [4.69, 9.17) is 4.74 Å². The van der Waals surface area contributed by atoms with Crippen LogP contribution in [0.1, 0.15) is 10.4 Å². The number of ether oxygens (including phenoxy) is 1. The summed E-state index contributed by atoms with van der Waals surface area (Å²) in [5, 5.41) is 0. The minimum absolute atomic E-state index is 0.0746. The first-order valence-electron chi connectivity index (χ1n) is 5.76. The van der Waals surface area contributed by atoms with E-state index in [9.17, 15) is 13.2 Å². The first-order chi connectivity index (χ1) is 9.43. The van der Waals surface area contributed by atoms with E-state index in [-0.39, 0.29) is 10.5 Å². The lowest BCUT2D eigenvalue weighted by molar-refractivity contribution is 0.0601. The molecular formula is C14H13NO4S. The predicted octanol–water partition coefficient (Wildman–Crippen LogP) is 1.94. The molecule has 1 aromatic heterocycles. The molecule has 0 saturated heterocycles. The summed E-state index contributed by atoms with van der Waals surface area (Å²) in [7, 11) is -2.14. The molecule has 0 radical (unpaired) electrons. The van der Waals surface area contributed by atoms with Crippen LogP contribution >= 0.6 is 0 Å². The van der Waals surface area contributed by atoms with E-state index in [2.05, 4.69) is 4.98 Å². The van der Waals surface area contributed by atoms with Crippen molar-refractivity contribution in [1.29, 1.82) is 0 Å². The van der Waals surface area contributed by atoms with E-state index < -0.39 is 15.8 Å². The maximum atomic E-state index is 11.8. The van der Waals surface area contributed by atoms with Gasteiger partial charge in [0.15, 0.2) is 9.84 Å². The highest BCUT2D eigenvalue weighted by atomic mass is 32.2. The van der Waals surface area contributed by atoms with Crippen LogP contribution in [-0.2, 0) is 14.6 Å². The second kappa shape index (κ2) is 5.42. The molecule has 0 bridgehead atoms. The summed E-state index contributed by atoms with van der Waals surface area (Å²) in [5.74, 6) is -0.589. The van der Waals surface area contributed by atoms with Gasteiger partial charge in [-0.25, -0.2) is 13.2 Å². The van der Waals surface area contributed by atoms with Gasteiger partial charge < -0.3 is 4.74 Å². The van der Waals surface area contributed by atoms with Crippen LogP contribution in [-0.4, -0.2) is 32.7 Å². The Hall–Kier alpha value is -2.21. The van der Waals surface area contributed by atoms with Crippen LogP contribution in [0.5, 0.6) is 0 Å². The Morgan fingerprint density at radius 2 is 2.00 bits per heavy atom. The zero-order chi connectivity index (χ0) is 14.8. The molecule has 0 amide bonds. The maximum Gasteiger partial charge on any atom is 0.338 e. The normalized spacial score (nSPS) is 11.1. The molecule has 0 fully saturated rings. The highest BCUT2D eigenvalue weighted by Gasteiger charge is 2.17. The van der Waals surface area contributed by atoms with Gasteiger partial charge in [0.05, 0.1) is 17.6 Å². The lowest BCUT2D eigenvalue weighted by Crippen LogP contribution is -2.06. The smallest absolute Gasteiger partial charge is 0.338 e. The second-order valence-electron chi connectivity index (χ2n) is 4.21. The van der Waals surface area contributed by atoms with Gasteiger partial charge in [0, 0.05) is 24.2 Å². The number of pyridine rings is 1. The number of esters is 1. The number of methoxy groups -OCH3 is 1. The van der Waals surface area contributed by atoms with Crippen molar-refractivity contribution >= 4 is 15.8 Å². The number of hydrogen-bond acceptors (Lipinski definition) is 5. The third kappa shape index (κ3) is 2.85. The summed E-state index contributed by atoms with van der Waals surface area (Å²) in [6.07, 6.45) is 4.31. The Morgan fingerprint density at radius 1 is 1.25 bits per heavy atom. The average molecular weight is 291 g/mol. The number of aromatic nitrogens is 1. The molecular weight excluding hydrogens is 278 g/mol. The maximum absolute atomic E-state index is 11.8. The third-order valence-electron chi connectivity index (χ3n) is 2.80. The number of nitrogens with zero attached hydrogens (tertiary/aromatic N) is 1. The molecule has 104 valence electrons. The van der Waals surface area contributed by atoms with Crippen LogP contribution in [0.2, 0.25) is 0 Å². The van der Waals surface area contributed by atoms with Crippen LogP contribution in [0.15, 0.2) is 47.6 Å². The Kier molecular flexibility index (Phi) is 3.85. The Morgan fingerprint density at radius 3 is 2.55 bits per heavy atom. The molecule has 2 aromatic rings. The molecule has 0 atom stereocenters. The highest BCUT2D eigenvalue weighted by Crippen LogP contribution is 2.26. The fourth-order valence-electron chi connectivity index (χ4n) is 1.81. The Bertz CT molecular complexity index is 739. The van der Waals surface area contributed by atoms with E-state index in [1.165, 1.54) is 19.2 Å². The fourth-order valence-corrected chi connectivity index (χ4v) is 2.45. The zero-order valence-electron chi connectivity index (χ0n) is 11.0. The molecule has 1 aromatic carbocycles. The first-order valence-corrected chi connectivity index (χ1v) is 7.65. The van der Waals surface area contributed by atoms with Gasteiger partial charge in [-0.1, -0.05) is 12.1 Å². The fraction of sp³-hybridized carbons (Fsp3) is 0.143. The van der Waals surface area contributed by atoms with Gasteiger partial charge in [-0.05, 0) is 23.8 Å². The minimum Gasteiger partial charge on any atom is -0.465 e. The largest absolute Gasteiger partial charge is 0.465 e. The van der Waals surface area contributed by atoms with E-state index in [1.807, 2.05) is 0 Å². The Labute approximate surface area is 117 Å². The van der Waals surface area contributed by atoms with Crippen molar-refractivity contribution in [2.75, 3.05) is 13.4 Å². The topological polar surface area (TPSA) is 73.3 Å². The van der Waals surface area contributed by atoms with Crippen LogP contribution in [0.25, 0.3) is 11.1 Å².